The number of carbonyl (C=O) groups excluding carboxylic acids is 2. The van der Waals surface area contributed by atoms with Gasteiger partial charge in [-0.1, -0.05) is 6.42 Å². The molecule has 0 spiro atoms. The van der Waals surface area contributed by atoms with Crippen LogP contribution in [0.3, 0.4) is 0 Å². The Kier molecular flexibility index (Phi) is 6.48. The number of hydrogen-bond acceptors (Lipinski definition) is 6. The van der Waals surface area contributed by atoms with Crippen LogP contribution in [0.25, 0.3) is 0 Å². The van der Waals surface area contributed by atoms with Crippen LogP contribution in [-0.4, -0.2) is 52.4 Å². The maximum Gasteiger partial charge on any atom is 0.306 e. The number of nitrogens with zero attached hydrogens (tertiary/aromatic N) is 1. The fourth-order valence-corrected chi connectivity index (χ4v) is 5.47. The number of esters is 1. The van der Waals surface area contributed by atoms with Gasteiger partial charge >= 0.3 is 5.97 Å². The number of anilines is 1. The molecule has 0 radical (unpaired) electrons. The fraction of sp³-hybridized carbons (Fsp3) is 0.600. The number of amides is 1. The molecule has 1 N–H and O–H groups in total. The number of nitrogens with one attached hydrogen (secondary N) is 1. The van der Waals surface area contributed by atoms with E-state index in [2.05, 4.69) is 5.32 Å². The van der Waals surface area contributed by atoms with Crippen LogP contribution in [0.1, 0.15) is 32.1 Å². The molecule has 9 heteroatoms. The largest absolute Gasteiger partial charge is 0.495 e. The minimum atomic E-state index is -3.75. The van der Waals surface area contributed by atoms with Crippen LogP contribution in [0, 0.1) is 17.8 Å². The van der Waals surface area contributed by atoms with E-state index in [9.17, 15) is 18.0 Å². The van der Waals surface area contributed by atoms with Crippen molar-refractivity contribution in [3.8, 4) is 5.75 Å². The Morgan fingerprint density at radius 3 is 2.55 bits per heavy atom. The Labute approximate surface area is 171 Å². The van der Waals surface area contributed by atoms with Crippen molar-refractivity contribution in [1.29, 1.82) is 0 Å². The standard InChI is InChI=1S/C20H28N2O6S/c1-22(2)29(25,26)18-11-16(6-7-17(18)27-3)21-19(23)12-28-20(24)10-15-9-13-4-5-14(15)8-13/h6-7,11,13-15H,4-5,8-10,12H2,1-3H3,(H,21,23)/t13-,14+,15-/m0/s1. The van der Waals surface area contributed by atoms with Crippen LogP contribution in [-0.2, 0) is 24.3 Å². The van der Waals surface area contributed by atoms with Crippen LogP contribution in [0.2, 0.25) is 0 Å². The zero-order valence-electron chi connectivity index (χ0n) is 17.0. The Morgan fingerprint density at radius 2 is 1.97 bits per heavy atom. The van der Waals surface area contributed by atoms with Crippen molar-refractivity contribution in [3.05, 3.63) is 18.2 Å². The molecular formula is C20H28N2O6S. The summed E-state index contributed by atoms with van der Waals surface area (Å²) in [5.74, 6) is 1.05. The summed E-state index contributed by atoms with van der Waals surface area (Å²) in [6.07, 6.45) is 5.13. The molecule has 2 aliphatic carbocycles. The summed E-state index contributed by atoms with van der Waals surface area (Å²) in [6.45, 7) is -0.401. The van der Waals surface area contributed by atoms with Gasteiger partial charge in [-0.05, 0) is 55.2 Å². The normalized spacial score (nSPS) is 23.2. The number of carbonyl (C=O) groups is 2. The van der Waals surface area contributed by atoms with E-state index >= 15 is 0 Å². The summed E-state index contributed by atoms with van der Waals surface area (Å²) in [7, 11) is 0.448. The van der Waals surface area contributed by atoms with Gasteiger partial charge in [0.15, 0.2) is 6.61 Å². The maximum atomic E-state index is 12.4. The van der Waals surface area contributed by atoms with Gasteiger partial charge in [-0.3, -0.25) is 9.59 Å². The molecule has 29 heavy (non-hydrogen) atoms. The summed E-state index contributed by atoms with van der Waals surface area (Å²) in [5.41, 5.74) is 0.278. The Balaban J connectivity index is 1.55. The van der Waals surface area contributed by atoms with Gasteiger partial charge in [-0.2, -0.15) is 0 Å². The highest BCUT2D eigenvalue weighted by molar-refractivity contribution is 7.89. The van der Waals surface area contributed by atoms with Crippen molar-refractivity contribution < 1.29 is 27.5 Å². The third-order valence-electron chi connectivity index (χ3n) is 5.88. The molecule has 0 aliphatic heterocycles. The minimum Gasteiger partial charge on any atom is -0.495 e. The first-order valence-corrected chi connectivity index (χ1v) is 11.2. The van der Waals surface area contributed by atoms with E-state index in [1.165, 1.54) is 58.7 Å². The van der Waals surface area contributed by atoms with Gasteiger partial charge in [0.2, 0.25) is 10.0 Å². The van der Waals surface area contributed by atoms with Crippen molar-refractivity contribution in [3.63, 3.8) is 0 Å². The molecule has 1 amide bonds. The molecular weight excluding hydrogens is 396 g/mol. The fourth-order valence-electron chi connectivity index (χ4n) is 4.40. The van der Waals surface area contributed by atoms with E-state index < -0.39 is 22.5 Å². The third kappa shape index (κ3) is 4.90. The predicted octanol–water partition coefficient (Wildman–Crippen LogP) is 2.25. The molecule has 160 valence electrons. The van der Waals surface area contributed by atoms with Gasteiger partial charge in [-0.25, -0.2) is 12.7 Å². The average molecular weight is 425 g/mol. The first-order valence-electron chi connectivity index (χ1n) is 9.76. The molecule has 0 aromatic heterocycles. The van der Waals surface area contributed by atoms with E-state index in [1.807, 2.05) is 0 Å². The molecule has 1 aromatic carbocycles. The highest BCUT2D eigenvalue weighted by Gasteiger charge is 2.40. The molecule has 2 bridgehead atoms. The first kappa shape index (κ1) is 21.6. The molecule has 3 rings (SSSR count). The van der Waals surface area contributed by atoms with E-state index in [0.29, 0.717) is 18.3 Å². The summed E-state index contributed by atoms with van der Waals surface area (Å²) in [4.78, 5) is 24.2. The van der Waals surface area contributed by atoms with Gasteiger partial charge < -0.3 is 14.8 Å². The molecule has 1 aromatic rings. The Hall–Kier alpha value is -2.13. The summed E-state index contributed by atoms with van der Waals surface area (Å²) >= 11 is 0. The number of methoxy groups -OCH3 is 1. The Bertz CT molecular complexity index is 883. The third-order valence-corrected chi connectivity index (χ3v) is 7.72. The molecule has 2 fully saturated rings. The lowest BCUT2D eigenvalue weighted by atomic mass is 9.86. The number of hydrogen-bond donors (Lipinski definition) is 1. The van der Waals surface area contributed by atoms with Crippen LogP contribution < -0.4 is 10.1 Å². The second kappa shape index (κ2) is 8.71. The monoisotopic (exact) mass is 424 g/mol. The van der Waals surface area contributed by atoms with Crippen LogP contribution in [0.5, 0.6) is 5.75 Å². The highest BCUT2D eigenvalue weighted by atomic mass is 32.2. The van der Waals surface area contributed by atoms with Crippen molar-refractivity contribution in [2.45, 2.75) is 37.0 Å². The number of rotatable bonds is 8. The van der Waals surface area contributed by atoms with Crippen molar-refractivity contribution in [2.24, 2.45) is 17.8 Å². The summed E-state index contributed by atoms with van der Waals surface area (Å²) < 4.78 is 36.2. The van der Waals surface area contributed by atoms with Gasteiger partial charge in [0.25, 0.3) is 5.91 Å². The number of ether oxygens (including phenoxy) is 2. The number of sulfonamides is 1. The van der Waals surface area contributed by atoms with Crippen molar-refractivity contribution in [1.82, 2.24) is 4.31 Å². The van der Waals surface area contributed by atoms with Crippen molar-refractivity contribution >= 4 is 27.6 Å². The smallest absolute Gasteiger partial charge is 0.306 e. The predicted molar refractivity (Wildman–Crippen MR) is 107 cm³/mol. The lowest BCUT2D eigenvalue weighted by Gasteiger charge is -2.20. The molecule has 2 aliphatic rings. The second-order valence-electron chi connectivity index (χ2n) is 8.00. The van der Waals surface area contributed by atoms with Crippen LogP contribution in [0.15, 0.2) is 23.1 Å². The molecule has 0 unspecified atom stereocenters. The Morgan fingerprint density at radius 1 is 1.21 bits per heavy atom. The van der Waals surface area contributed by atoms with E-state index in [0.717, 1.165) is 16.6 Å². The van der Waals surface area contributed by atoms with E-state index in [-0.39, 0.29) is 22.3 Å². The average Bonchev–Trinajstić information content (AvgIpc) is 3.29. The molecule has 0 heterocycles. The van der Waals surface area contributed by atoms with Crippen LogP contribution in [0.4, 0.5) is 5.69 Å². The SMILES string of the molecule is COc1ccc(NC(=O)COC(=O)C[C@@H]2C[C@H]3CC[C@@H]2C3)cc1S(=O)(=O)N(C)C. The maximum absolute atomic E-state index is 12.4. The van der Waals surface area contributed by atoms with E-state index in [1.54, 1.807) is 0 Å². The highest BCUT2D eigenvalue weighted by Crippen LogP contribution is 2.49. The lowest BCUT2D eigenvalue weighted by Crippen LogP contribution is -2.24. The molecule has 3 atom stereocenters. The number of fused-ring (bicyclic) bond motifs is 2. The quantitative estimate of drug-likeness (QED) is 0.642. The number of benzene rings is 1. The first-order chi connectivity index (χ1) is 13.7. The minimum absolute atomic E-state index is 0.0592. The zero-order chi connectivity index (χ0) is 21.2. The molecule has 8 nitrogen and oxygen atoms in total. The lowest BCUT2D eigenvalue weighted by molar-refractivity contribution is -0.148. The second-order valence-corrected chi connectivity index (χ2v) is 10.1. The topological polar surface area (TPSA) is 102 Å². The summed E-state index contributed by atoms with van der Waals surface area (Å²) in [6, 6.07) is 4.32. The van der Waals surface area contributed by atoms with Gasteiger partial charge in [-0.15, -0.1) is 0 Å². The van der Waals surface area contributed by atoms with Gasteiger partial charge in [0.1, 0.15) is 10.6 Å². The zero-order valence-corrected chi connectivity index (χ0v) is 17.8. The molecule has 2 saturated carbocycles. The van der Waals surface area contributed by atoms with Crippen LogP contribution >= 0.6 is 0 Å². The van der Waals surface area contributed by atoms with Gasteiger partial charge in [0, 0.05) is 26.2 Å². The molecule has 0 saturated heterocycles. The summed E-state index contributed by atoms with van der Waals surface area (Å²) in [5, 5.41) is 2.57. The van der Waals surface area contributed by atoms with E-state index in [4.69, 9.17) is 9.47 Å². The van der Waals surface area contributed by atoms with Gasteiger partial charge in [0.05, 0.1) is 7.11 Å². The van der Waals surface area contributed by atoms with Crippen molar-refractivity contribution in [2.75, 3.05) is 33.1 Å².